The smallest absolute Gasteiger partial charge is 0.0386 e. The zero-order valence-corrected chi connectivity index (χ0v) is 18.5. The van der Waals surface area contributed by atoms with Crippen LogP contribution < -0.4 is 0 Å². The summed E-state index contributed by atoms with van der Waals surface area (Å²) < 4.78 is 0. The second-order valence-corrected chi connectivity index (χ2v) is 9.94. The highest BCUT2D eigenvalue weighted by molar-refractivity contribution is 4.78. The number of rotatable bonds is 9. The van der Waals surface area contributed by atoms with Crippen molar-refractivity contribution in [3.63, 3.8) is 0 Å². The lowest BCUT2D eigenvalue weighted by molar-refractivity contribution is 0.174. The highest BCUT2D eigenvalue weighted by Crippen LogP contribution is 2.39. The lowest BCUT2D eigenvalue weighted by Gasteiger charge is -2.34. The first-order valence-electron chi connectivity index (χ1n) is 12.8. The van der Waals surface area contributed by atoms with Gasteiger partial charge in [0.2, 0.25) is 0 Å². The number of hydrogen-bond acceptors (Lipinski definition) is 0. The Labute approximate surface area is 166 Å². The summed E-state index contributed by atoms with van der Waals surface area (Å²) in [6.07, 6.45) is 30.3. The Morgan fingerprint density at radius 2 is 1.04 bits per heavy atom. The van der Waals surface area contributed by atoms with Crippen molar-refractivity contribution in [2.45, 2.75) is 142 Å². The van der Waals surface area contributed by atoms with Gasteiger partial charge in [-0.1, -0.05) is 129 Å². The molecule has 0 radical (unpaired) electrons. The van der Waals surface area contributed by atoms with Crippen LogP contribution in [0.4, 0.5) is 0 Å². The zero-order valence-electron chi connectivity index (χ0n) is 18.5. The van der Waals surface area contributed by atoms with E-state index in [1.165, 1.54) is 89.9 Å². The van der Waals surface area contributed by atoms with Crippen molar-refractivity contribution in [2.75, 3.05) is 0 Å². The lowest BCUT2D eigenvalue weighted by Crippen LogP contribution is -2.22. The first kappa shape index (κ1) is 22.3. The van der Waals surface area contributed by atoms with Gasteiger partial charge in [-0.15, -0.1) is 0 Å². The Kier molecular flexibility index (Phi) is 12.1. The van der Waals surface area contributed by atoms with E-state index >= 15 is 0 Å². The summed E-state index contributed by atoms with van der Waals surface area (Å²) in [6.45, 7) is 4.72. The molecule has 0 nitrogen and oxygen atoms in total. The molecule has 0 unspecified atom stereocenters. The molecule has 0 aromatic carbocycles. The maximum Gasteiger partial charge on any atom is -0.0386 e. The third kappa shape index (κ3) is 8.79. The third-order valence-corrected chi connectivity index (χ3v) is 7.98. The predicted molar refractivity (Wildman–Crippen MR) is 118 cm³/mol. The Morgan fingerprint density at radius 3 is 1.65 bits per heavy atom. The molecule has 0 atom stereocenters. The second kappa shape index (κ2) is 14.1. The molecule has 0 aliphatic heterocycles. The molecule has 2 saturated carbocycles. The minimum atomic E-state index is 1.06. The van der Waals surface area contributed by atoms with Crippen LogP contribution in [0.5, 0.6) is 0 Å². The molecule has 0 spiro atoms. The highest BCUT2D eigenvalue weighted by atomic mass is 14.3. The van der Waals surface area contributed by atoms with Crippen LogP contribution in [-0.4, -0.2) is 0 Å². The SMILES string of the molecule is CCCCCCCCC1CCCCC(C2CCC(CC)CC2)CCCC1. The van der Waals surface area contributed by atoms with Gasteiger partial charge in [0.1, 0.15) is 0 Å². The van der Waals surface area contributed by atoms with Gasteiger partial charge in [0.25, 0.3) is 0 Å². The van der Waals surface area contributed by atoms with Crippen LogP contribution in [0.15, 0.2) is 0 Å². The van der Waals surface area contributed by atoms with Gasteiger partial charge in [-0.25, -0.2) is 0 Å². The molecule has 0 bridgehead atoms. The normalized spacial score (nSPS) is 31.6. The van der Waals surface area contributed by atoms with E-state index < -0.39 is 0 Å². The fourth-order valence-corrected chi connectivity index (χ4v) is 6.01. The van der Waals surface area contributed by atoms with Crippen LogP contribution in [0.1, 0.15) is 142 Å². The average molecular weight is 363 g/mol. The van der Waals surface area contributed by atoms with Crippen LogP contribution in [0.3, 0.4) is 0 Å². The first-order chi connectivity index (χ1) is 12.8. The van der Waals surface area contributed by atoms with Crippen molar-refractivity contribution in [1.29, 1.82) is 0 Å². The molecule has 0 heterocycles. The van der Waals surface area contributed by atoms with Gasteiger partial charge in [0.15, 0.2) is 0 Å². The molecule has 2 aliphatic rings. The molecule has 0 saturated heterocycles. The molecule has 154 valence electrons. The molecular weight excluding hydrogens is 312 g/mol. The Hall–Kier alpha value is 0. The van der Waals surface area contributed by atoms with E-state index in [4.69, 9.17) is 0 Å². The number of hydrogen-bond donors (Lipinski definition) is 0. The molecule has 2 fully saturated rings. The quantitative estimate of drug-likeness (QED) is 0.358. The summed E-state index contributed by atoms with van der Waals surface area (Å²) in [7, 11) is 0. The van der Waals surface area contributed by atoms with E-state index in [1.54, 1.807) is 38.5 Å². The fraction of sp³-hybridized carbons (Fsp3) is 1.00. The van der Waals surface area contributed by atoms with E-state index in [0.29, 0.717) is 0 Å². The van der Waals surface area contributed by atoms with Crippen molar-refractivity contribution in [3.05, 3.63) is 0 Å². The van der Waals surface area contributed by atoms with Gasteiger partial charge in [-0.05, 0) is 36.5 Å². The van der Waals surface area contributed by atoms with Gasteiger partial charge in [0, 0.05) is 0 Å². The molecule has 0 aromatic heterocycles. The molecule has 0 N–H and O–H groups in total. The van der Waals surface area contributed by atoms with E-state index in [0.717, 1.165) is 23.7 Å². The van der Waals surface area contributed by atoms with Gasteiger partial charge in [-0.3, -0.25) is 0 Å². The predicted octanol–water partition coefficient (Wildman–Crippen LogP) is 9.32. The van der Waals surface area contributed by atoms with Crippen LogP contribution in [0.25, 0.3) is 0 Å². The lowest BCUT2D eigenvalue weighted by atomic mass is 9.71. The second-order valence-electron chi connectivity index (χ2n) is 9.94. The maximum absolute atomic E-state index is 2.40. The van der Waals surface area contributed by atoms with Crippen molar-refractivity contribution in [1.82, 2.24) is 0 Å². The molecule has 0 aromatic rings. The van der Waals surface area contributed by atoms with E-state index in [1.807, 2.05) is 0 Å². The largest absolute Gasteiger partial charge is 0.0654 e. The standard InChI is InChI=1S/C26H50/c1-3-5-6-7-8-9-14-24-15-10-12-17-25(18-13-11-16-24)26-21-19-23(4-2)20-22-26/h23-26H,3-22H2,1-2H3. The highest BCUT2D eigenvalue weighted by Gasteiger charge is 2.27. The van der Waals surface area contributed by atoms with Crippen LogP contribution >= 0.6 is 0 Å². The summed E-state index contributed by atoms with van der Waals surface area (Å²) in [5, 5.41) is 0. The summed E-state index contributed by atoms with van der Waals surface area (Å²) in [5.74, 6) is 4.31. The maximum atomic E-state index is 2.40. The van der Waals surface area contributed by atoms with Crippen molar-refractivity contribution in [2.24, 2.45) is 23.7 Å². The van der Waals surface area contributed by atoms with E-state index in [2.05, 4.69) is 13.8 Å². The van der Waals surface area contributed by atoms with Crippen LogP contribution in [0, 0.1) is 23.7 Å². The fourth-order valence-electron chi connectivity index (χ4n) is 6.01. The van der Waals surface area contributed by atoms with Gasteiger partial charge in [-0.2, -0.15) is 0 Å². The molecule has 0 heteroatoms. The minimum absolute atomic E-state index is 1.06. The zero-order chi connectivity index (χ0) is 18.5. The summed E-state index contributed by atoms with van der Waals surface area (Å²) >= 11 is 0. The van der Waals surface area contributed by atoms with Gasteiger partial charge >= 0.3 is 0 Å². The Balaban J connectivity index is 1.61. The topological polar surface area (TPSA) is 0 Å². The van der Waals surface area contributed by atoms with E-state index in [-0.39, 0.29) is 0 Å². The minimum Gasteiger partial charge on any atom is -0.0654 e. The van der Waals surface area contributed by atoms with Crippen molar-refractivity contribution < 1.29 is 0 Å². The Morgan fingerprint density at radius 1 is 0.500 bits per heavy atom. The van der Waals surface area contributed by atoms with E-state index in [9.17, 15) is 0 Å². The van der Waals surface area contributed by atoms with Crippen LogP contribution in [0.2, 0.25) is 0 Å². The summed E-state index contributed by atoms with van der Waals surface area (Å²) in [5.41, 5.74) is 0. The number of unbranched alkanes of at least 4 members (excludes halogenated alkanes) is 5. The molecule has 0 amide bonds. The molecule has 2 aliphatic carbocycles. The van der Waals surface area contributed by atoms with Crippen LogP contribution in [-0.2, 0) is 0 Å². The first-order valence-corrected chi connectivity index (χ1v) is 12.8. The summed E-state index contributed by atoms with van der Waals surface area (Å²) in [6, 6.07) is 0. The third-order valence-electron chi connectivity index (χ3n) is 7.98. The van der Waals surface area contributed by atoms with Gasteiger partial charge in [0.05, 0.1) is 0 Å². The monoisotopic (exact) mass is 362 g/mol. The van der Waals surface area contributed by atoms with Crippen molar-refractivity contribution >= 4 is 0 Å². The van der Waals surface area contributed by atoms with Crippen molar-refractivity contribution in [3.8, 4) is 0 Å². The average Bonchev–Trinajstić information content (AvgIpc) is 2.69. The molecule has 2 rings (SSSR count). The Bertz CT molecular complexity index is 300. The molecular formula is C26H50. The summed E-state index contributed by atoms with van der Waals surface area (Å²) in [4.78, 5) is 0. The molecule has 26 heavy (non-hydrogen) atoms. The van der Waals surface area contributed by atoms with Gasteiger partial charge < -0.3 is 0 Å².